The lowest BCUT2D eigenvalue weighted by molar-refractivity contribution is 0.909. The monoisotopic (exact) mass is 192 g/mol. The maximum Gasteiger partial charge on any atom is 0.0824 e. The summed E-state index contributed by atoms with van der Waals surface area (Å²) in [5.74, 6) is 0. The molecular weight excluding hydrogens is 184 g/mol. The van der Waals surface area contributed by atoms with E-state index < -0.39 is 0 Å². The lowest BCUT2D eigenvalue weighted by Gasteiger charge is -2.07. The second-order valence-corrected chi connectivity index (χ2v) is 3.84. The van der Waals surface area contributed by atoms with Gasteiger partial charge in [-0.25, -0.2) is 0 Å². The van der Waals surface area contributed by atoms with Crippen molar-refractivity contribution in [1.29, 1.82) is 5.26 Å². The fourth-order valence-corrected chi connectivity index (χ4v) is 1.60. The van der Waals surface area contributed by atoms with Crippen molar-refractivity contribution < 1.29 is 0 Å². The standard InChI is InChI=1S/C10H9ClN2/c11-8-5-7(1-2-9(8)13)10(6-12)3-4-10/h1-2,5H,3-4,13H2. The molecule has 0 aliphatic heterocycles. The summed E-state index contributed by atoms with van der Waals surface area (Å²) in [6, 6.07) is 7.76. The summed E-state index contributed by atoms with van der Waals surface area (Å²) in [5.41, 5.74) is 6.88. The molecule has 0 bridgehead atoms. The molecular formula is C10H9ClN2. The molecule has 13 heavy (non-hydrogen) atoms. The molecule has 0 aromatic heterocycles. The SMILES string of the molecule is N#CC1(c2ccc(N)c(Cl)c2)CC1. The molecule has 0 spiro atoms. The van der Waals surface area contributed by atoms with E-state index in [9.17, 15) is 0 Å². The van der Waals surface area contributed by atoms with Crippen molar-refractivity contribution in [3.05, 3.63) is 28.8 Å². The fourth-order valence-electron chi connectivity index (χ4n) is 1.41. The highest BCUT2D eigenvalue weighted by atomic mass is 35.5. The number of nitrogen functional groups attached to an aromatic ring is 1. The molecule has 0 saturated heterocycles. The molecule has 0 atom stereocenters. The van der Waals surface area contributed by atoms with Crippen molar-refractivity contribution in [3.63, 3.8) is 0 Å². The summed E-state index contributed by atoms with van der Waals surface area (Å²) in [5, 5.41) is 9.49. The van der Waals surface area contributed by atoms with Crippen molar-refractivity contribution in [3.8, 4) is 6.07 Å². The number of halogens is 1. The Kier molecular flexibility index (Phi) is 1.71. The van der Waals surface area contributed by atoms with Crippen LogP contribution >= 0.6 is 11.6 Å². The molecule has 1 fully saturated rings. The van der Waals surface area contributed by atoms with Gasteiger partial charge in [0.15, 0.2) is 0 Å². The van der Waals surface area contributed by atoms with Gasteiger partial charge in [0.25, 0.3) is 0 Å². The Labute approximate surface area is 81.9 Å². The van der Waals surface area contributed by atoms with Crippen LogP contribution in [-0.2, 0) is 5.41 Å². The smallest absolute Gasteiger partial charge is 0.0824 e. The first kappa shape index (κ1) is 8.40. The number of nitrogens with two attached hydrogens (primary N) is 1. The van der Waals surface area contributed by atoms with Crippen LogP contribution in [0.4, 0.5) is 5.69 Å². The first-order valence-electron chi connectivity index (χ1n) is 4.15. The van der Waals surface area contributed by atoms with E-state index in [-0.39, 0.29) is 5.41 Å². The zero-order chi connectivity index (χ0) is 9.47. The topological polar surface area (TPSA) is 49.8 Å². The minimum absolute atomic E-state index is 0.267. The number of benzene rings is 1. The summed E-state index contributed by atoms with van der Waals surface area (Å²) < 4.78 is 0. The first-order chi connectivity index (χ1) is 6.18. The van der Waals surface area contributed by atoms with E-state index in [0.717, 1.165) is 18.4 Å². The van der Waals surface area contributed by atoms with E-state index in [1.807, 2.05) is 6.07 Å². The third-order valence-corrected chi connectivity index (χ3v) is 2.84. The third kappa shape index (κ3) is 1.26. The number of anilines is 1. The minimum atomic E-state index is -0.267. The molecule has 0 amide bonds. The minimum Gasteiger partial charge on any atom is -0.398 e. The Morgan fingerprint density at radius 2 is 2.15 bits per heavy atom. The highest BCUT2D eigenvalue weighted by Gasteiger charge is 2.44. The van der Waals surface area contributed by atoms with Gasteiger partial charge in [-0.3, -0.25) is 0 Å². The van der Waals surface area contributed by atoms with Crippen LogP contribution < -0.4 is 5.73 Å². The third-order valence-electron chi connectivity index (χ3n) is 2.52. The Morgan fingerprint density at radius 1 is 1.46 bits per heavy atom. The molecule has 2 nitrogen and oxygen atoms in total. The van der Waals surface area contributed by atoms with E-state index in [0.29, 0.717) is 10.7 Å². The number of hydrogen-bond acceptors (Lipinski definition) is 2. The van der Waals surface area contributed by atoms with Gasteiger partial charge in [0.1, 0.15) is 0 Å². The average Bonchev–Trinajstić information content (AvgIpc) is 2.90. The van der Waals surface area contributed by atoms with E-state index in [1.54, 1.807) is 12.1 Å². The molecule has 1 aromatic carbocycles. The van der Waals surface area contributed by atoms with Crippen LogP contribution in [0.5, 0.6) is 0 Å². The fraction of sp³-hybridized carbons (Fsp3) is 0.300. The van der Waals surface area contributed by atoms with Crippen LogP contribution in [0.3, 0.4) is 0 Å². The van der Waals surface area contributed by atoms with Crippen LogP contribution in [0.15, 0.2) is 18.2 Å². The largest absolute Gasteiger partial charge is 0.398 e. The number of nitrogens with zero attached hydrogens (tertiary/aromatic N) is 1. The van der Waals surface area contributed by atoms with Crippen molar-refractivity contribution in [1.82, 2.24) is 0 Å². The van der Waals surface area contributed by atoms with Crippen LogP contribution in [0.2, 0.25) is 5.02 Å². The predicted molar refractivity (Wildman–Crippen MR) is 52.4 cm³/mol. The molecule has 3 heteroatoms. The van der Waals surface area contributed by atoms with E-state index >= 15 is 0 Å². The van der Waals surface area contributed by atoms with E-state index in [2.05, 4.69) is 6.07 Å². The van der Waals surface area contributed by atoms with Gasteiger partial charge < -0.3 is 5.73 Å². The second kappa shape index (κ2) is 2.65. The quantitative estimate of drug-likeness (QED) is 0.695. The lowest BCUT2D eigenvalue weighted by atomic mass is 9.98. The molecule has 1 aliphatic rings. The molecule has 2 rings (SSSR count). The van der Waals surface area contributed by atoms with Gasteiger partial charge in [-0.2, -0.15) is 5.26 Å². The summed E-state index contributed by atoms with van der Waals surface area (Å²) in [4.78, 5) is 0. The van der Waals surface area contributed by atoms with Gasteiger partial charge >= 0.3 is 0 Å². The van der Waals surface area contributed by atoms with Gasteiger partial charge in [-0.15, -0.1) is 0 Å². The molecule has 1 aliphatic carbocycles. The van der Waals surface area contributed by atoms with Gasteiger partial charge in [-0.1, -0.05) is 17.7 Å². The van der Waals surface area contributed by atoms with E-state index in [4.69, 9.17) is 22.6 Å². The molecule has 66 valence electrons. The van der Waals surface area contributed by atoms with Crippen LogP contribution in [-0.4, -0.2) is 0 Å². The zero-order valence-corrected chi connectivity index (χ0v) is 7.80. The first-order valence-corrected chi connectivity index (χ1v) is 4.52. The van der Waals surface area contributed by atoms with E-state index in [1.165, 1.54) is 0 Å². The molecule has 0 unspecified atom stereocenters. The predicted octanol–water partition coefficient (Wildman–Crippen LogP) is 2.48. The zero-order valence-electron chi connectivity index (χ0n) is 7.05. The van der Waals surface area contributed by atoms with Crippen LogP contribution in [0.1, 0.15) is 18.4 Å². The van der Waals surface area contributed by atoms with Crippen LogP contribution in [0, 0.1) is 11.3 Å². The summed E-state index contributed by atoms with van der Waals surface area (Å²) in [7, 11) is 0. The molecule has 2 N–H and O–H groups in total. The van der Waals surface area contributed by atoms with Gasteiger partial charge in [0, 0.05) is 0 Å². The van der Waals surface area contributed by atoms with Gasteiger partial charge in [0.2, 0.25) is 0 Å². The molecule has 0 heterocycles. The van der Waals surface area contributed by atoms with Gasteiger partial charge in [0.05, 0.1) is 22.2 Å². The van der Waals surface area contributed by atoms with Crippen molar-refractivity contribution in [2.24, 2.45) is 0 Å². The highest BCUT2D eigenvalue weighted by molar-refractivity contribution is 6.33. The Morgan fingerprint density at radius 3 is 2.62 bits per heavy atom. The lowest BCUT2D eigenvalue weighted by Crippen LogP contribution is -2.02. The Bertz CT molecular complexity index is 388. The summed E-state index contributed by atoms with van der Waals surface area (Å²) >= 11 is 5.87. The number of rotatable bonds is 1. The highest BCUT2D eigenvalue weighted by Crippen LogP contribution is 2.48. The normalized spacial score (nSPS) is 17.8. The van der Waals surface area contributed by atoms with Crippen LogP contribution in [0.25, 0.3) is 0 Å². The maximum atomic E-state index is 8.95. The summed E-state index contributed by atoms with van der Waals surface area (Å²) in [6.45, 7) is 0. The molecule has 1 saturated carbocycles. The van der Waals surface area contributed by atoms with Crippen molar-refractivity contribution in [2.45, 2.75) is 18.3 Å². The number of hydrogen-bond donors (Lipinski definition) is 1. The Balaban J connectivity index is 2.44. The molecule has 1 aromatic rings. The van der Waals surface area contributed by atoms with Crippen molar-refractivity contribution in [2.75, 3.05) is 5.73 Å². The number of nitriles is 1. The van der Waals surface area contributed by atoms with Crippen molar-refractivity contribution >= 4 is 17.3 Å². The Hall–Kier alpha value is -1.20. The van der Waals surface area contributed by atoms with Gasteiger partial charge in [-0.05, 0) is 30.5 Å². The second-order valence-electron chi connectivity index (χ2n) is 3.43. The summed E-state index contributed by atoms with van der Waals surface area (Å²) in [6.07, 6.45) is 1.87. The average molecular weight is 193 g/mol. The maximum absolute atomic E-state index is 8.95. The molecule has 0 radical (unpaired) electrons.